The molecule has 0 radical (unpaired) electrons. The average Bonchev–Trinajstić information content (AvgIpc) is 3.16. The lowest BCUT2D eigenvalue weighted by molar-refractivity contribution is -0.152. The molecular formula is C20H34N2O3. The molecule has 1 unspecified atom stereocenters. The standard InChI is InChI=1S/C20H34N2O3/c23-19(15-17-3-1-2-4-17)22-8-6-20(7-9-22)16-18(5-12-25-20)21-10-13-24-14-11-21/h17-18H,1-16H2. The Hall–Kier alpha value is -0.650. The first-order chi connectivity index (χ1) is 12.2. The Morgan fingerprint density at radius 3 is 2.40 bits per heavy atom. The number of hydrogen-bond donors (Lipinski definition) is 0. The second-order valence-corrected chi connectivity index (χ2v) is 8.56. The third kappa shape index (κ3) is 4.20. The molecule has 1 aliphatic carbocycles. The lowest BCUT2D eigenvalue weighted by Gasteiger charge is -2.49. The smallest absolute Gasteiger partial charge is 0.222 e. The third-order valence-electron chi connectivity index (χ3n) is 6.99. The van der Waals surface area contributed by atoms with Crippen LogP contribution in [0.3, 0.4) is 0 Å². The van der Waals surface area contributed by atoms with Gasteiger partial charge in [-0.05, 0) is 44.4 Å². The second-order valence-electron chi connectivity index (χ2n) is 8.56. The second kappa shape index (κ2) is 7.93. The van der Waals surface area contributed by atoms with E-state index in [0.717, 1.165) is 78.1 Å². The van der Waals surface area contributed by atoms with Crippen molar-refractivity contribution >= 4 is 5.91 Å². The highest BCUT2D eigenvalue weighted by Gasteiger charge is 2.42. The van der Waals surface area contributed by atoms with Crippen LogP contribution in [-0.4, -0.2) is 73.3 Å². The van der Waals surface area contributed by atoms with Gasteiger partial charge >= 0.3 is 0 Å². The van der Waals surface area contributed by atoms with Crippen molar-refractivity contribution in [1.82, 2.24) is 9.80 Å². The maximum Gasteiger partial charge on any atom is 0.222 e. The topological polar surface area (TPSA) is 42.0 Å². The number of morpholine rings is 1. The molecule has 4 aliphatic rings. The van der Waals surface area contributed by atoms with E-state index in [4.69, 9.17) is 9.47 Å². The van der Waals surface area contributed by atoms with Crippen LogP contribution in [0, 0.1) is 5.92 Å². The Bertz CT molecular complexity index is 450. The van der Waals surface area contributed by atoms with Gasteiger partial charge in [0.15, 0.2) is 0 Å². The molecule has 0 bridgehead atoms. The van der Waals surface area contributed by atoms with E-state index in [1.165, 1.54) is 25.7 Å². The zero-order valence-electron chi connectivity index (χ0n) is 15.6. The summed E-state index contributed by atoms with van der Waals surface area (Å²) in [7, 11) is 0. The molecular weight excluding hydrogens is 316 g/mol. The van der Waals surface area contributed by atoms with E-state index in [9.17, 15) is 4.79 Å². The van der Waals surface area contributed by atoms with Crippen LogP contribution in [0.25, 0.3) is 0 Å². The molecule has 1 atom stereocenters. The molecule has 5 nitrogen and oxygen atoms in total. The number of likely N-dealkylation sites (tertiary alicyclic amines) is 1. The molecule has 4 rings (SSSR count). The molecule has 0 aromatic rings. The summed E-state index contributed by atoms with van der Waals surface area (Å²) in [5, 5.41) is 0. The minimum atomic E-state index is 0.0192. The zero-order chi connectivity index (χ0) is 17.1. The Morgan fingerprint density at radius 2 is 1.68 bits per heavy atom. The zero-order valence-corrected chi connectivity index (χ0v) is 15.6. The lowest BCUT2D eigenvalue weighted by atomic mass is 9.81. The molecule has 4 fully saturated rings. The van der Waals surface area contributed by atoms with Crippen molar-refractivity contribution in [3.8, 4) is 0 Å². The van der Waals surface area contributed by atoms with Crippen LogP contribution in [0.1, 0.15) is 57.8 Å². The summed E-state index contributed by atoms with van der Waals surface area (Å²) >= 11 is 0. The number of amides is 1. The Balaban J connectivity index is 1.28. The van der Waals surface area contributed by atoms with E-state index in [0.29, 0.717) is 17.9 Å². The molecule has 3 heterocycles. The van der Waals surface area contributed by atoms with E-state index in [-0.39, 0.29) is 5.60 Å². The van der Waals surface area contributed by atoms with Gasteiger partial charge in [0.05, 0.1) is 18.8 Å². The summed E-state index contributed by atoms with van der Waals surface area (Å²) in [5.41, 5.74) is 0.0192. The van der Waals surface area contributed by atoms with Gasteiger partial charge in [-0.15, -0.1) is 0 Å². The number of rotatable bonds is 3. The van der Waals surface area contributed by atoms with E-state index in [2.05, 4.69) is 9.80 Å². The van der Waals surface area contributed by atoms with Crippen LogP contribution in [0.5, 0.6) is 0 Å². The van der Waals surface area contributed by atoms with Crippen LogP contribution in [0.2, 0.25) is 0 Å². The number of carbonyl (C=O) groups excluding carboxylic acids is 1. The highest BCUT2D eigenvalue weighted by molar-refractivity contribution is 5.76. The minimum Gasteiger partial charge on any atom is -0.379 e. The van der Waals surface area contributed by atoms with Gasteiger partial charge in [0.25, 0.3) is 0 Å². The molecule has 25 heavy (non-hydrogen) atoms. The van der Waals surface area contributed by atoms with E-state index < -0.39 is 0 Å². The fraction of sp³-hybridized carbons (Fsp3) is 0.950. The van der Waals surface area contributed by atoms with Crippen molar-refractivity contribution in [2.45, 2.75) is 69.4 Å². The maximum atomic E-state index is 12.6. The van der Waals surface area contributed by atoms with Crippen LogP contribution in [-0.2, 0) is 14.3 Å². The summed E-state index contributed by atoms with van der Waals surface area (Å²) in [6.07, 6.45) is 10.2. The van der Waals surface area contributed by atoms with Gasteiger partial charge in [0, 0.05) is 45.2 Å². The summed E-state index contributed by atoms with van der Waals surface area (Å²) < 4.78 is 11.8. The number of ether oxygens (including phenoxy) is 2. The molecule has 5 heteroatoms. The first kappa shape index (κ1) is 17.7. The predicted molar refractivity (Wildman–Crippen MR) is 96.5 cm³/mol. The van der Waals surface area contributed by atoms with Crippen molar-refractivity contribution in [3.05, 3.63) is 0 Å². The van der Waals surface area contributed by atoms with Crippen molar-refractivity contribution in [2.24, 2.45) is 5.92 Å². The van der Waals surface area contributed by atoms with Gasteiger partial charge in [-0.3, -0.25) is 9.69 Å². The molecule has 142 valence electrons. The Morgan fingerprint density at radius 1 is 0.960 bits per heavy atom. The number of piperidine rings is 1. The van der Waals surface area contributed by atoms with Crippen LogP contribution in [0.15, 0.2) is 0 Å². The van der Waals surface area contributed by atoms with Crippen LogP contribution < -0.4 is 0 Å². The molecule has 1 saturated carbocycles. The van der Waals surface area contributed by atoms with E-state index in [1.54, 1.807) is 0 Å². The third-order valence-corrected chi connectivity index (χ3v) is 6.99. The maximum absolute atomic E-state index is 12.6. The summed E-state index contributed by atoms with van der Waals surface area (Å²) in [4.78, 5) is 17.3. The summed E-state index contributed by atoms with van der Waals surface area (Å²) in [6, 6.07) is 0.637. The van der Waals surface area contributed by atoms with Crippen molar-refractivity contribution in [1.29, 1.82) is 0 Å². The first-order valence-electron chi connectivity index (χ1n) is 10.5. The highest BCUT2D eigenvalue weighted by Crippen LogP contribution is 2.37. The van der Waals surface area contributed by atoms with Crippen molar-refractivity contribution in [3.63, 3.8) is 0 Å². The first-order valence-corrected chi connectivity index (χ1v) is 10.5. The fourth-order valence-corrected chi connectivity index (χ4v) is 5.36. The lowest BCUT2D eigenvalue weighted by Crippen LogP contribution is -2.56. The minimum absolute atomic E-state index is 0.0192. The van der Waals surface area contributed by atoms with E-state index in [1.807, 2.05) is 0 Å². The molecule has 1 amide bonds. The SMILES string of the molecule is O=C(CC1CCCC1)N1CCC2(CC1)CC(N1CCOCC1)CCO2. The Labute approximate surface area is 152 Å². The van der Waals surface area contributed by atoms with Gasteiger partial charge in [-0.1, -0.05) is 12.8 Å². The molecule has 3 saturated heterocycles. The van der Waals surface area contributed by atoms with Gasteiger partial charge in [0.2, 0.25) is 5.91 Å². The highest BCUT2D eigenvalue weighted by atomic mass is 16.5. The summed E-state index contributed by atoms with van der Waals surface area (Å²) in [6.45, 7) is 6.52. The molecule has 0 aromatic carbocycles. The van der Waals surface area contributed by atoms with Crippen molar-refractivity contribution in [2.75, 3.05) is 46.0 Å². The number of nitrogens with zero attached hydrogens (tertiary/aromatic N) is 2. The monoisotopic (exact) mass is 350 g/mol. The molecule has 1 spiro atoms. The van der Waals surface area contributed by atoms with Crippen molar-refractivity contribution < 1.29 is 14.3 Å². The predicted octanol–water partition coefficient (Wildman–Crippen LogP) is 2.44. The van der Waals surface area contributed by atoms with Gasteiger partial charge < -0.3 is 14.4 Å². The van der Waals surface area contributed by atoms with Crippen LogP contribution in [0.4, 0.5) is 0 Å². The number of carbonyl (C=O) groups is 1. The average molecular weight is 351 g/mol. The van der Waals surface area contributed by atoms with Gasteiger partial charge in [-0.2, -0.15) is 0 Å². The molecule has 0 N–H and O–H groups in total. The Kier molecular flexibility index (Phi) is 5.63. The van der Waals surface area contributed by atoms with Gasteiger partial charge in [-0.25, -0.2) is 0 Å². The number of hydrogen-bond acceptors (Lipinski definition) is 4. The fourth-order valence-electron chi connectivity index (χ4n) is 5.36. The largest absolute Gasteiger partial charge is 0.379 e. The van der Waals surface area contributed by atoms with E-state index >= 15 is 0 Å². The molecule has 0 aromatic heterocycles. The normalized spacial score (nSPS) is 31.5. The molecule has 3 aliphatic heterocycles. The van der Waals surface area contributed by atoms with Crippen LogP contribution >= 0.6 is 0 Å². The van der Waals surface area contributed by atoms with Gasteiger partial charge in [0.1, 0.15) is 0 Å². The summed E-state index contributed by atoms with van der Waals surface area (Å²) in [5.74, 6) is 1.04. The quantitative estimate of drug-likeness (QED) is 0.784.